The van der Waals surface area contributed by atoms with Crippen molar-refractivity contribution >= 4 is 21.7 Å². The van der Waals surface area contributed by atoms with Crippen molar-refractivity contribution < 1.29 is 22.3 Å². The Labute approximate surface area is 221 Å². The maximum absolute atomic E-state index is 13.6. The standard InChI is InChI=1S/C28H29FN4O4S/c1-21-9-15-25(16-10-21)38(35,36)32(17-6-18-37-2)20-28(34)30-27-19-26(22-7-4-3-5-8-22)31-33(27)24-13-11-23(29)12-14-24/h3-5,7-16,19H,6,17-18,20H2,1-2H3,(H,30,34). The second-order valence-electron chi connectivity index (χ2n) is 8.72. The Morgan fingerprint density at radius 1 is 1.03 bits per heavy atom. The van der Waals surface area contributed by atoms with Gasteiger partial charge in [0.15, 0.2) is 0 Å². The van der Waals surface area contributed by atoms with Crippen molar-refractivity contribution in [1.29, 1.82) is 0 Å². The number of halogens is 1. The lowest BCUT2D eigenvalue weighted by molar-refractivity contribution is -0.116. The molecule has 3 aromatic carbocycles. The van der Waals surface area contributed by atoms with Crippen LogP contribution in [-0.4, -0.2) is 55.2 Å². The molecule has 1 N–H and O–H groups in total. The molecule has 0 aliphatic heterocycles. The first-order valence-electron chi connectivity index (χ1n) is 12.0. The van der Waals surface area contributed by atoms with E-state index in [2.05, 4.69) is 10.4 Å². The van der Waals surface area contributed by atoms with E-state index in [1.807, 2.05) is 37.3 Å². The number of sulfonamides is 1. The molecule has 0 bridgehead atoms. The Morgan fingerprint density at radius 3 is 2.37 bits per heavy atom. The smallest absolute Gasteiger partial charge is 0.243 e. The Morgan fingerprint density at radius 2 is 1.71 bits per heavy atom. The van der Waals surface area contributed by atoms with E-state index in [0.717, 1.165) is 15.4 Å². The highest BCUT2D eigenvalue weighted by Crippen LogP contribution is 2.25. The Hall–Kier alpha value is -3.86. The average molecular weight is 537 g/mol. The molecule has 8 nitrogen and oxygen atoms in total. The van der Waals surface area contributed by atoms with E-state index in [4.69, 9.17) is 4.74 Å². The summed E-state index contributed by atoms with van der Waals surface area (Å²) < 4.78 is 48.0. The number of nitrogens with one attached hydrogen (secondary N) is 1. The minimum absolute atomic E-state index is 0.101. The van der Waals surface area contributed by atoms with E-state index in [9.17, 15) is 17.6 Å². The zero-order valence-electron chi connectivity index (χ0n) is 21.2. The third kappa shape index (κ3) is 6.52. The monoisotopic (exact) mass is 536 g/mol. The maximum Gasteiger partial charge on any atom is 0.243 e. The SMILES string of the molecule is COCCCN(CC(=O)Nc1cc(-c2ccccc2)nn1-c1ccc(F)cc1)S(=O)(=O)c1ccc(C)cc1. The molecule has 0 spiro atoms. The molecule has 4 rings (SSSR count). The fourth-order valence-corrected chi connectivity index (χ4v) is 5.31. The molecule has 1 aromatic heterocycles. The van der Waals surface area contributed by atoms with Crippen LogP contribution >= 0.6 is 0 Å². The van der Waals surface area contributed by atoms with Gasteiger partial charge in [0.1, 0.15) is 11.6 Å². The van der Waals surface area contributed by atoms with E-state index >= 15 is 0 Å². The number of amides is 1. The number of carbonyl (C=O) groups excluding carboxylic acids is 1. The van der Waals surface area contributed by atoms with Gasteiger partial charge in [-0.05, 0) is 49.7 Å². The van der Waals surface area contributed by atoms with Crippen molar-refractivity contribution in [3.63, 3.8) is 0 Å². The lowest BCUT2D eigenvalue weighted by atomic mass is 10.2. The van der Waals surface area contributed by atoms with Crippen LogP contribution in [0.5, 0.6) is 0 Å². The molecule has 0 unspecified atom stereocenters. The number of hydrogen-bond donors (Lipinski definition) is 1. The van der Waals surface area contributed by atoms with E-state index in [0.29, 0.717) is 30.2 Å². The molecule has 0 aliphatic rings. The quantitative estimate of drug-likeness (QED) is 0.282. The van der Waals surface area contributed by atoms with Gasteiger partial charge in [0.25, 0.3) is 0 Å². The molecule has 0 fully saturated rings. The molecule has 198 valence electrons. The Kier molecular flexibility index (Phi) is 8.67. The lowest BCUT2D eigenvalue weighted by Crippen LogP contribution is -2.39. The molecule has 0 atom stereocenters. The molecule has 0 saturated carbocycles. The van der Waals surface area contributed by atoms with E-state index < -0.39 is 28.3 Å². The topological polar surface area (TPSA) is 93.5 Å². The van der Waals surface area contributed by atoms with Gasteiger partial charge in [-0.15, -0.1) is 0 Å². The molecular weight excluding hydrogens is 507 g/mol. The molecule has 0 radical (unpaired) electrons. The average Bonchev–Trinajstić information content (AvgIpc) is 3.33. The van der Waals surface area contributed by atoms with Gasteiger partial charge in [-0.25, -0.2) is 17.5 Å². The van der Waals surface area contributed by atoms with Crippen molar-refractivity contribution in [1.82, 2.24) is 14.1 Å². The number of carbonyl (C=O) groups is 1. The number of ether oxygens (including phenoxy) is 1. The lowest BCUT2D eigenvalue weighted by Gasteiger charge is -2.22. The number of aromatic nitrogens is 2. The summed E-state index contributed by atoms with van der Waals surface area (Å²) in [5.74, 6) is -0.617. The summed E-state index contributed by atoms with van der Waals surface area (Å²) in [5.41, 5.74) is 2.88. The van der Waals surface area contributed by atoms with Crippen LogP contribution < -0.4 is 5.32 Å². The molecule has 38 heavy (non-hydrogen) atoms. The first kappa shape index (κ1) is 27.2. The largest absolute Gasteiger partial charge is 0.385 e. The third-order valence-corrected chi connectivity index (χ3v) is 7.71. The molecule has 0 saturated heterocycles. The minimum atomic E-state index is -3.94. The van der Waals surface area contributed by atoms with Gasteiger partial charge in [-0.3, -0.25) is 4.79 Å². The van der Waals surface area contributed by atoms with Crippen molar-refractivity contribution in [3.05, 3.63) is 96.3 Å². The van der Waals surface area contributed by atoms with Crippen LogP contribution in [0.25, 0.3) is 16.9 Å². The predicted octanol–water partition coefficient (Wildman–Crippen LogP) is 4.65. The second kappa shape index (κ2) is 12.1. The highest BCUT2D eigenvalue weighted by atomic mass is 32.2. The van der Waals surface area contributed by atoms with Gasteiger partial charge in [0, 0.05) is 31.9 Å². The second-order valence-corrected chi connectivity index (χ2v) is 10.7. The van der Waals surface area contributed by atoms with Crippen molar-refractivity contribution in [2.75, 3.05) is 32.1 Å². The van der Waals surface area contributed by atoms with Gasteiger partial charge in [-0.1, -0.05) is 48.0 Å². The summed E-state index contributed by atoms with van der Waals surface area (Å²) in [6.07, 6.45) is 0.417. The van der Waals surface area contributed by atoms with Gasteiger partial charge in [0.05, 0.1) is 22.8 Å². The van der Waals surface area contributed by atoms with Crippen LogP contribution in [0.1, 0.15) is 12.0 Å². The zero-order valence-corrected chi connectivity index (χ0v) is 22.0. The number of nitrogens with zero attached hydrogens (tertiary/aromatic N) is 3. The van der Waals surface area contributed by atoms with Crippen molar-refractivity contribution in [3.8, 4) is 16.9 Å². The summed E-state index contributed by atoms with van der Waals surface area (Å²) in [6.45, 7) is 1.91. The number of methoxy groups -OCH3 is 1. The van der Waals surface area contributed by atoms with Crippen LogP contribution in [-0.2, 0) is 19.6 Å². The van der Waals surface area contributed by atoms with E-state index in [1.54, 1.807) is 30.3 Å². The van der Waals surface area contributed by atoms with E-state index in [-0.39, 0.29) is 11.4 Å². The molecular formula is C28H29FN4O4S. The van der Waals surface area contributed by atoms with Crippen LogP contribution in [0.4, 0.5) is 10.2 Å². The van der Waals surface area contributed by atoms with E-state index in [1.165, 1.54) is 36.1 Å². The predicted molar refractivity (Wildman–Crippen MR) is 144 cm³/mol. The minimum Gasteiger partial charge on any atom is -0.385 e. The highest BCUT2D eigenvalue weighted by molar-refractivity contribution is 7.89. The fraction of sp³-hybridized carbons (Fsp3) is 0.214. The van der Waals surface area contributed by atoms with Crippen LogP contribution in [0, 0.1) is 12.7 Å². The molecule has 4 aromatic rings. The first-order valence-corrected chi connectivity index (χ1v) is 13.5. The van der Waals surface area contributed by atoms with Crippen LogP contribution in [0.3, 0.4) is 0 Å². The van der Waals surface area contributed by atoms with Gasteiger partial charge in [-0.2, -0.15) is 9.40 Å². The van der Waals surface area contributed by atoms with Crippen molar-refractivity contribution in [2.24, 2.45) is 0 Å². The molecule has 1 heterocycles. The Bertz CT molecular complexity index is 1470. The summed E-state index contributed by atoms with van der Waals surface area (Å²) in [7, 11) is -2.40. The Balaban J connectivity index is 1.62. The summed E-state index contributed by atoms with van der Waals surface area (Å²) in [6, 6.07) is 23.3. The summed E-state index contributed by atoms with van der Waals surface area (Å²) in [5, 5.41) is 7.41. The molecule has 0 aliphatic carbocycles. The molecule has 1 amide bonds. The summed E-state index contributed by atoms with van der Waals surface area (Å²) in [4.78, 5) is 13.3. The number of rotatable bonds is 11. The first-order chi connectivity index (χ1) is 18.3. The van der Waals surface area contributed by atoms with Crippen molar-refractivity contribution in [2.45, 2.75) is 18.2 Å². The summed E-state index contributed by atoms with van der Waals surface area (Å²) >= 11 is 0. The number of anilines is 1. The van der Waals surface area contributed by atoms with Crippen LogP contribution in [0.15, 0.2) is 89.8 Å². The number of benzene rings is 3. The van der Waals surface area contributed by atoms with Gasteiger partial charge >= 0.3 is 0 Å². The van der Waals surface area contributed by atoms with Gasteiger partial charge < -0.3 is 10.1 Å². The maximum atomic E-state index is 13.6. The highest BCUT2D eigenvalue weighted by Gasteiger charge is 2.27. The third-order valence-electron chi connectivity index (χ3n) is 5.85. The molecule has 10 heteroatoms. The number of hydrogen-bond acceptors (Lipinski definition) is 5. The zero-order chi connectivity index (χ0) is 27.1. The fourth-order valence-electron chi connectivity index (χ4n) is 3.87. The number of aryl methyl sites for hydroxylation is 1. The van der Waals surface area contributed by atoms with Crippen LogP contribution in [0.2, 0.25) is 0 Å². The van der Waals surface area contributed by atoms with Gasteiger partial charge in [0.2, 0.25) is 15.9 Å². The normalized spacial score (nSPS) is 11.6.